The van der Waals surface area contributed by atoms with E-state index in [2.05, 4.69) is 56.9 Å². The van der Waals surface area contributed by atoms with Crippen molar-refractivity contribution in [2.45, 2.75) is 111 Å². The minimum absolute atomic E-state index is 0.460. The lowest BCUT2D eigenvalue weighted by molar-refractivity contribution is -0.0510. The molecule has 4 aliphatic rings. The van der Waals surface area contributed by atoms with Gasteiger partial charge in [-0.25, -0.2) is 4.98 Å². The average Bonchev–Trinajstić information content (AvgIpc) is 3.40. The fraction of sp³-hybridized carbons (Fsp3) is 0.833. The maximum Gasteiger partial charge on any atom is 0.0921 e. The van der Waals surface area contributed by atoms with E-state index in [1.165, 1.54) is 76.3 Å². The summed E-state index contributed by atoms with van der Waals surface area (Å²) in [4.78, 5) is 7.71. The first-order valence-electron chi connectivity index (χ1n) is 14.0. The van der Waals surface area contributed by atoms with Crippen LogP contribution in [0.15, 0.2) is 24.2 Å². The lowest BCUT2D eigenvalue weighted by Crippen LogP contribution is -2.50. The predicted molar refractivity (Wildman–Crippen MR) is 134 cm³/mol. The highest BCUT2D eigenvalue weighted by atomic mass is 14.9. The Morgan fingerprint density at radius 3 is 2.62 bits per heavy atom. The molecule has 1 N–H and O–H groups in total. The van der Waals surface area contributed by atoms with Gasteiger partial charge in [0.15, 0.2) is 0 Å². The number of aromatic nitrogens is 2. The monoisotopic (exact) mass is 436 g/mol. The van der Waals surface area contributed by atoms with Gasteiger partial charge in [0.1, 0.15) is 0 Å². The van der Waals surface area contributed by atoms with Crippen LogP contribution in [-0.4, -0.2) is 9.97 Å². The second kappa shape index (κ2) is 8.62. The van der Waals surface area contributed by atoms with Gasteiger partial charge >= 0.3 is 0 Å². The van der Waals surface area contributed by atoms with Crippen LogP contribution in [-0.2, 0) is 0 Å². The molecule has 0 aliphatic heterocycles. The van der Waals surface area contributed by atoms with Crippen molar-refractivity contribution in [3.05, 3.63) is 29.9 Å². The van der Waals surface area contributed by atoms with Gasteiger partial charge in [-0.05, 0) is 97.7 Å². The zero-order chi connectivity index (χ0) is 22.5. The molecular formula is C30H48N2. The van der Waals surface area contributed by atoms with E-state index < -0.39 is 0 Å². The summed E-state index contributed by atoms with van der Waals surface area (Å²) in [5, 5.41) is 0. The Morgan fingerprint density at radius 1 is 1.03 bits per heavy atom. The molecule has 4 unspecified atom stereocenters. The molecule has 0 spiro atoms. The molecule has 4 aliphatic carbocycles. The van der Waals surface area contributed by atoms with Crippen LogP contribution >= 0.6 is 0 Å². The Balaban J connectivity index is 1.31. The fourth-order valence-corrected chi connectivity index (χ4v) is 9.44. The van der Waals surface area contributed by atoms with Crippen molar-refractivity contribution in [2.75, 3.05) is 0 Å². The molecule has 0 bridgehead atoms. The Morgan fingerprint density at radius 2 is 1.88 bits per heavy atom. The van der Waals surface area contributed by atoms with Crippen molar-refractivity contribution in [1.82, 2.24) is 9.97 Å². The molecule has 178 valence electrons. The molecule has 32 heavy (non-hydrogen) atoms. The highest BCUT2D eigenvalue weighted by Crippen LogP contribution is 2.67. The largest absolute Gasteiger partial charge is 0.348 e. The quantitative estimate of drug-likeness (QED) is 0.445. The molecule has 2 heteroatoms. The highest BCUT2D eigenvalue weighted by molar-refractivity contribution is 5.28. The Bertz CT molecular complexity index is 807. The molecule has 0 amide bonds. The number of hydrogen-bond acceptors (Lipinski definition) is 1. The predicted octanol–water partition coefficient (Wildman–Crippen LogP) is 8.53. The first-order valence-corrected chi connectivity index (χ1v) is 14.0. The third-order valence-corrected chi connectivity index (χ3v) is 11.3. The minimum Gasteiger partial charge on any atom is -0.348 e. The van der Waals surface area contributed by atoms with Crippen molar-refractivity contribution >= 4 is 0 Å². The van der Waals surface area contributed by atoms with E-state index >= 15 is 0 Å². The maximum absolute atomic E-state index is 4.30. The van der Waals surface area contributed by atoms with E-state index in [4.69, 9.17) is 0 Å². The van der Waals surface area contributed by atoms with Crippen LogP contribution in [0.5, 0.6) is 0 Å². The molecule has 1 aromatic heterocycles. The maximum atomic E-state index is 4.30. The number of hydrogen-bond donors (Lipinski definition) is 1. The molecule has 8 atom stereocenters. The number of nitrogens with one attached hydrogen (secondary N) is 1. The van der Waals surface area contributed by atoms with E-state index in [9.17, 15) is 0 Å². The summed E-state index contributed by atoms with van der Waals surface area (Å²) in [6.07, 6.45) is 22.3. The van der Waals surface area contributed by atoms with Crippen LogP contribution in [0.3, 0.4) is 0 Å². The van der Waals surface area contributed by atoms with E-state index in [-0.39, 0.29) is 0 Å². The van der Waals surface area contributed by atoms with E-state index in [0.29, 0.717) is 16.7 Å². The number of imidazole rings is 1. The number of nitrogens with zero attached hydrogens (tertiary/aromatic N) is 1. The van der Waals surface area contributed by atoms with Crippen LogP contribution in [0.2, 0.25) is 0 Å². The summed E-state index contributed by atoms with van der Waals surface area (Å²) in [7, 11) is 0. The topological polar surface area (TPSA) is 28.7 Å². The Kier molecular flexibility index (Phi) is 6.13. The standard InChI is InChI=1S/C30H48N2/c1-20(2)7-6-8-21(3)25-11-12-26-24-10-9-23-17-22(28-18-31-19-32-28)13-15-29(23,4)27(24)14-16-30(25,26)5/h9,18-22,24-27H,6-8,10-17H2,1-5H3,(H,31,32)/t21-,22?,24?,25-,26?,27?,29+,30-/m1/s1. The van der Waals surface area contributed by atoms with Gasteiger partial charge in [0.05, 0.1) is 6.33 Å². The van der Waals surface area contributed by atoms with Crippen LogP contribution in [0.1, 0.15) is 117 Å². The van der Waals surface area contributed by atoms with Gasteiger partial charge in [-0.3, -0.25) is 0 Å². The highest BCUT2D eigenvalue weighted by Gasteiger charge is 2.59. The van der Waals surface area contributed by atoms with Gasteiger partial charge < -0.3 is 4.98 Å². The summed E-state index contributed by atoms with van der Waals surface area (Å²) < 4.78 is 0. The number of H-pyrrole nitrogens is 1. The lowest BCUT2D eigenvalue weighted by Gasteiger charge is -2.58. The first-order chi connectivity index (χ1) is 15.3. The number of fused-ring (bicyclic) bond motifs is 5. The molecule has 0 saturated heterocycles. The van der Waals surface area contributed by atoms with Gasteiger partial charge in [0.2, 0.25) is 0 Å². The molecule has 0 aromatic carbocycles. The fourth-order valence-electron chi connectivity index (χ4n) is 9.44. The summed E-state index contributed by atoms with van der Waals surface area (Å²) in [6, 6.07) is 0. The molecular weight excluding hydrogens is 388 g/mol. The van der Waals surface area contributed by atoms with E-state index in [0.717, 1.165) is 35.5 Å². The van der Waals surface area contributed by atoms with Gasteiger partial charge in [0.25, 0.3) is 0 Å². The zero-order valence-electron chi connectivity index (χ0n) is 21.5. The van der Waals surface area contributed by atoms with Crippen molar-refractivity contribution in [2.24, 2.45) is 46.3 Å². The minimum atomic E-state index is 0.460. The van der Waals surface area contributed by atoms with Crippen molar-refractivity contribution in [3.8, 4) is 0 Å². The number of rotatable bonds is 6. The van der Waals surface area contributed by atoms with Crippen molar-refractivity contribution < 1.29 is 0 Å². The molecule has 1 aromatic rings. The number of aromatic amines is 1. The van der Waals surface area contributed by atoms with Crippen LogP contribution in [0.25, 0.3) is 0 Å². The lowest BCUT2D eigenvalue weighted by atomic mass is 9.46. The Labute approximate surface area is 197 Å². The second-order valence-corrected chi connectivity index (χ2v) is 13.2. The molecule has 2 nitrogen and oxygen atoms in total. The zero-order valence-corrected chi connectivity index (χ0v) is 21.5. The van der Waals surface area contributed by atoms with Gasteiger partial charge in [0, 0.05) is 17.8 Å². The van der Waals surface area contributed by atoms with Crippen LogP contribution < -0.4 is 0 Å². The van der Waals surface area contributed by atoms with E-state index in [1.54, 1.807) is 5.57 Å². The van der Waals surface area contributed by atoms with Gasteiger partial charge in [-0.2, -0.15) is 0 Å². The molecule has 3 fully saturated rings. The summed E-state index contributed by atoms with van der Waals surface area (Å²) in [5.41, 5.74) is 4.22. The number of allylic oxidation sites excluding steroid dienone is 2. The van der Waals surface area contributed by atoms with Gasteiger partial charge in [-0.1, -0.05) is 65.5 Å². The second-order valence-electron chi connectivity index (χ2n) is 13.2. The first kappa shape index (κ1) is 22.7. The molecule has 0 radical (unpaired) electrons. The third-order valence-electron chi connectivity index (χ3n) is 11.3. The summed E-state index contributed by atoms with van der Waals surface area (Å²) in [6.45, 7) is 12.7. The normalized spacial score (nSPS) is 42.2. The van der Waals surface area contributed by atoms with Gasteiger partial charge in [-0.15, -0.1) is 0 Å². The third kappa shape index (κ3) is 3.72. The van der Waals surface area contributed by atoms with Crippen molar-refractivity contribution in [1.29, 1.82) is 0 Å². The smallest absolute Gasteiger partial charge is 0.0921 e. The van der Waals surface area contributed by atoms with E-state index in [1.807, 2.05) is 6.33 Å². The Hall–Kier alpha value is -1.05. The molecule has 1 heterocycles. The molecule has 5 rings (SSSR count). The summed E-state index contributed by atoms with van der Waals surface area (Å²) >= 11 is 0. The van der Waals surface area contributed by atoms with Crippen LogP contribution in [0.4, 0.5) is 0 Å². The van der Waals surface area contributed by atoms with Crippen molar-refractivity contribution in [3.63, 3.8) is 0 Å². The van der Waals surface area contributed by atoms with Crippen LogP contribution in [0, 0.1) is 46.3 Å². The summed E-state index contributed by atoms with van der Waals surface area (Å²) in [5.74, 6) is 6.24. The SMILES string of the molecule is CC(C)CCC[C@@H](C)[C@H]1CCC2C3CC=C4CC(c5cnc[nH]5)CC[C@]4(C)C3CC[C@@]21C. The molecule has 3 saturated carbocycles. The average molecular weight is 437 g/mol.